The minimum atomic E-state index is -3.48. The van der Waals surface area contributed by atoms with Gasteiger partial charge in [0.25, 0.3) is 0 Å². The van der Waals surface area contributed by atoms with Crippen molar-refractivity contribution in [2.24, 2.45) is 0 Å². The zero-order valence-electron chi connectivity index (χ0n) is 17.0. The predicted octanol–water partition coefficient (Wildman–Crippen LogP) is 3.99. The van der Waals surface area contributed by atoms with Crippen molar-refractivity contribution in [3.8, 4) is 5.75 Å². The number of anilines is 1. The Morgan fingerprint density at radius 2 is 1.64 bits per heavy atom. The zero-order chi connectivity index (χ0) is 20.1. The van der Waals surface area contributed by atoms with Crippen molar-refractivity contribution in [1.29, 1.82) is 0 Å². The average Bonchev–Trinajstić information content (AvgIpc) is 2.71. The summed E-state index contributed by atoms with van der Waals surface area (Å²) < 4.78 is 33.2. The maximum Gasteiger partial charge on any atom is 0.243 e. The number of ether oxygens (including phenoxy) is 1. The molecule has 1 aliphatic heterocycles. The lowest BCUT2D eigenvalue weighted by molar-refractivity contribution is 0.309. The van der Waals surface area contributed by atoms with Crippen LogP contribution in [-0.4, -0.2) is 45.5 Å². The van der Waals surface area contributed by atoms with Gasteiger partial charge < -0.3 is 9.64 Å². The highest BCUT2D eigenvalue weighted by atomic mass is 32.2. The Morgan fingerprint density at radius 3 is 2.29 bits per heavy atom. The van der Waals surface area contributed by atoms with E-state index in [4.69, 9.17) is 4.74 Å². The summed E-state index contributed by atoms with van der Waals surface area (Å²) in [5.41, 5.74) is 3.72. The average molecular weight is 403 g/mol. The number of rotatable bonds is 7. The number of benzene rings is 2. The standard InChI is InChI=1S/C22H30N2O3S/c1-4-5-17-27-20-9-11-21(12-10-20)28(25,26)24-15-13-23(14-16-24)22-8-6-7-18(2)19(22)3/h6-12H,4-5,13-17H2,1-3H3. The number of sulfonamides is 1. The van der Waals surface area contributed by atoms with Crippen LogP contribution in [0.3, 0.4) is 0 Å². The number of aryl methyl sites for hydroxylation is 1. The molecule has 0 N–H and O–H groups in total. The van der Waals surface area contributed by atoms with Crippen LogP contribution in [0.5, 0.6) is 5.75 Å². The second-order valence-electron chi connectivity index (χ2n) is 7.28. The van der Waals surface area contributed by atoms with E-state index in [2.05, 4.69) is 43.9 Å². The summed E-state index contributed by atoms with van der Waals surface area (Å²) in [7, 11) is -3.48. The van der Waals surface area contributed by atoms with Crippen LogP contribution in [0.2, 0.25) is 0 Å². The third-order valence-electron chi connectivity index (χ3n) is 5.38. The van der Waals surface area contributed by atoms with Gasteiger partial charge in [-0.1, -0.05) is 25.5 Å². The molecule has 1 fully saturated rings. The van der Waals surface area contributed by atoms with Crippen molar-refractivity contribution in [2.75, 3.05) is 37.7 Å². The molecule has 1 aliphatic rings. The fourth-order valence-electron chi connectivity index (χ4n) is 3.44. The molecular formula is C22H30N2O3S. The SMILES string of the molecule is CCCCOc1ccc(S(=O)(=O)N2CCN(c3cccc(C)c3C)CC2)cc1. The summed E-state index contributed by atoms with van der Waals surface area (Å²) in [4.78, 5) is 2.61. The van der Waals surface area contributed by atoms with E-state index in [1.807, 2.05) is 0 Å². The van der Waals surface area contributed by atoms with Crippen molar-refractivity contribution < 1.29 is 13.2 Å². The van der Waals surface area contributed by atoms with Gasteiger partial charge in [-0.3, -0.25) is 0 Å². The zero-order valence-corrected chi connectivity index (χ0v) is 17.8. The van der Waals surface area contributed by atoms with Gasteiger partial charge in [-0.25, -0.2) is 8.42 Å². The first kappa shape index (κ1) is 20.7. The number of nitrogens with zero attached hydrogens (tertiary/aromatic N) is 2. The van der Waals surface area contributed by atoms with Gasteiger partial charge in [-0.2, -0.15) is 4.31 Å². The number of unbranched alkanes of at least 4 members (excludes halogenated alkanes) is 1. The van der Waals surface area contributed by atoms with Crippen LogP contribution in [0.4, 0.5) is 5.69 Å². The lowest BCUT2D eigenvalue weighted by Crippen LogP contribution is -2.48. The Hall–Kier alpha value is -2.05. The lowest BCUT2D eigenvalue weighted by atomic mass is 10.1. The van der Waals surface area contributed by atoms with E-state index in [-0.39, 0.29) is 0 Å². The van der Waals surface area contributed by atoms with Crippen molar-refractivity contribution in [3.63, 3.8) is 0 Å². The van der Waals surface area contributed by atoms with Gasteiger partial charge >= 0.3 is 0 Å². The summed E-state index contributed by atoms with van der Waals surface area (Å²) in [5, 5.41) is 0. The normalized spacial score (nSPS) is 15.6. The minimum absolute atomic E-state index is 0.329. The van der Waals surface area contributed by atoms with Gasteiger partial charge in [-0.15, -0.1) is 0 Å². The molecule has 0 bridgehead atoms. The van der Waals surface area contributed by atoms with E-state index in [1.165, 1.54) is 16.8 Å². The number of piperazine rings is 1. The molecule has 0 aromatic heterocycles. The largest absolute Gasteiger partial charge is 0.494 e. The summed E-state index contributed by atoms with van der Waals surface area (Å²) in [5.74, 6) is 0.715. The van der Waals surface area contributed by atoms with Gasteiger partial charge in [0.2, 0.25) is 10.0 Å². The minimum Gasteiger partial charge on any atom is -0.494 e. The van der Waals surface area contributed by atoms with Gasteiger partial charge in [0.15, 0.2) is 0 Å². The first-order chi connectivity index (χ1) is 13.4. The maximum atomic E-state index is 13.0. The molecule has 0 unspecified atom stereocenters. The summed E-state index contributed by atoms with van der Waals surface area (Å²) in [6.07, 6.45) is 2.06. The third kappa shape index (κ3) is 4.50. The molecule has 152 valence electrons. The van der Waals surface area contributed by atoms with Gasteiger partial charge in [0.1, 0.15) is 5.75 Å². The van der Waals surface area contributed by atoms with Crippen LogP contribution in [0.1, 0.15) is 30.9 Å². The molecular weight excluding hydrogens is 372 g/mol. The first-order valence-corrected chi connectivity index (χ1v) is 11.4. The molecule has 0 saturated carbocycles. The fourth-order valence-corrected chi connectivity index (χ4v) is 4.86. The number of hydrogen-bond acceptors (Lipinski definition) is 4. The van der Waals surface area contributed by atoms with E-state index < -0.39 is 10.0 Å². The second kappa shape index (κ2) is 8.97. The molecule has 2 aromatic rings. The maximum absolute atomic E-state index is 13.0. The quantitative estimate of drug-likeness (QED) is 0.657. The molecule has 0 aliphatic carbocycles. The molecule has 0 spiro atoms. The molecule has 2 aromatic carbocycles. The fraction of sp³-hybridized carbons (Fsp3) is 0.455. The van der Waals surface area contributed by atoms with E-state index in [9.17, 15) is 8.42 Å². The lowest BCUT2D eigenvalue weighted by Gasteiger charge is -2.36. The highest BCUT2D eigenvalue weighted by Crippen LogP contribution is 2.26. The van der Waals surface area contributed by atoms with Crippen molar-refractivity contribution in [1.82, 2.24) is 4.31 Å². The molecule has 6 heteroatoms. The number of hydrogen-bond donors (Lipinski definition) is 0. The van der Waals surface area contributed by atoms with Crippen LogP contribution in [-0.2, 0) is 10.0 Å². The van der Waals surface area contributed by atoms with E-state index in [0.29, 0.717) is 43.4 Å². The Morgan fingerprint density at radius 1 is 0.964 bits per heavy atom. The molecule has 1 saturated heterocycles. The van der Waals surface area contributed by atoms with Crippen LogP contribution in [0.25, 0.3) is 0 Å². The Bertz CT molecular complexity index is 886. The van der Waals surface area contributed by atoms with Crippen molar-refractivity contribution in [2.45, 2.75) is 38.5 Å². The van der Waals surface area contributed by atoms with Crippen LogP contribution >= 0.6 is 0 Å². The molecule has 5 nitrogen and oxygen atoms in total. The Balaban J connectivity index is 1.65. The molecule has 0 radical (unpaired) electrons. The molecule has 3 rings (SSSR count). The Kier molecular flexibility index (Phi) is 6.62. The molecule has 1 heterocycles. The third-order valence-corrected chi connectivity index (χ3v) is 7.30. The highest BCUT2D eigenvalue weighted by Gasteiger charge is 2.29. The van der Waals surface area contributed by atoms with Crippen LogP contribution in [0, 0.1) is 13.8 Å². The smallest absolute Gasteiger partial charge is 0.243 e. The van der Waals surface area contributed by atoms with E-state index >= 15 is 0 Å². The van der Waals surface area contributed by atoms with Gasteiger partial charge in [0.05, 0.1) is 11.5 Å². The van der Waals surface area contributed by atoms with Gasteiger partial charge in [0, 0.05) is 31.9 Å². The van der Waals surface area contributed by atoms with Crippen molar-refractivity contribution in [3.05, 3.63) is 53.6 Å². The topological polar surface area (TPSA) is 49.9 Å². The molecule has 0 amide bonds. The van der Waals surface area contributed by atoms with Crippen LogP contribution in [0.15, 0.2) is 47.4 Å². The second-order valence-corrected chi connectivity index (χ2v) is 9.22. The van der Waals surface area contributed by atoms with E-state index in [1.54, 1.807) is 28.6 Å². The van der Waals surface area contributed by atoms with Gasteiger partial charge in [-0.05, 0) is 61.7 Å². The van der Waals surface area contributed by atoms with Crippen molar-refractivity contribution >= 4 is 15.7 Å². The monoisotopic (exact) mass is 402 g/mol. The first-order valence-electron chi connectivity index (χ1n) is 9.97. The van der Waals surface area contributed by atoms with E-state index in [0.717, 1.165) is 12.8 Å². The highest BCUT2D eigenvalue weighted by molar-refractivity contribution is 7.89. The summed E-state index contributed by atoms with van der Waals surface area (Å²) >= 11 is 0. The van der Waals surface area contributed by atoms with Crippen LogP contribution < -0.4 is 9.64 Å². The predicted molar refractivity (Wildman–Crippen MR) is 114 cm³/mol. The Labute approximate surface area is 169 Å². The summed E-state index contributed by atoms with van der Waals surface area (Å²) in [6.45, 7) is 9.37. The molecule has 28 heavy (non-hydrogen) atoms. The molecule has 0 atom stereocenters. The summed E-state index contributed by atoms with van der Waals surface area (Å²) in [6, 6.07) is 13.1.